The van der Waals surface area contributed by atoms with Crippen LogP contribution in [0.2, 0.25) is 0 Å². The summed E-state index contributed by atoms with van der Waals surface area (Å²) in [5, 5.41) is 5.18. The summed E-state index contributed by atoms with van der Waals surface area (Å²) in [5.41, 5.74) is 3.94. The molecule has 0 saturated heterocycles. The Morgan fingerprint density at radius 3 is 2.82 bits per heavy atom. The molecule has 3 nitrogen and oxygen atoms in total. The number of carbonyl (C=O) groups excluding carboxylic acids is 1. The van der Waals surface area contributed by atoms with Crippen molar-refractivity contribution in [3.8, 4) is 0 Å². The van der Waals surface area contributed by atoms with Crippen molar-refractivity contribution in [3.05, 3.63) is 52.5 Å². The molecular formula is C13H14N2OS. The number of aldehydes is 1. The fraction of sp³-hybridized carbons (Fsp3) is 0.231. The maximum atomic E-state index is 11.0. The van der Waals surface area contributed by atoms with Gasteiger partial charge in [0.25, 0.3) is 0 Å². The van der Waals surface area contributed by atoms with Crippen LogP contribution in [0.5, 0.6) is 0 Å². The molecule has 0 amide bonds. The topological polar surface area (TPSA) is 42.0 Å². The first-order valence-corrected chi connectivity index (χ1v) is 6.42. The van der Waals surface area contributed by atoms with Crippen LogP contribution in [0.1, 0.15) is 11.3 Å². The largest absolute Gasteiger partial charge is 0.302 e. The van der Waals surface area contributed by atoms with Crippen LogP contribution in [0.15, 0.2) is 41.2 Å². The van der Waals surface area contributed by atoms with Crippen molar-refractivity contribution < 1.29 is 4.79 Å². The zero-order chi connectivity index (χ0) is 11.9. The lowest BCUT2D eigenvalue weighted by molar-refractivity contribution is -0.109. The number of aromatic nitrogens is 1. The summed E-state index contributed by atoms with van der Waals surface area (Å²) in [7, 11) is 0. The van der Waals surface area contributed by atoms with Gasteiger partial charge in [0, 0.05) is 11.9 Å². The van der Waals surface area contributed by atoms with Crippen LogP contribution in [-0.4, -0.2) is 17.3 Å². The van der Waals surface area contributed by atoms with E-state index < -0.39 is 0 Å². The van der Waals surface area contributed by atoms with Crippen molar-refractivity contribution in [3.63, 3.8) is 0 Å². The quantitative estimate of drug-likeness (QED) is 0.793. The summed E-state index contributed by atoms with van der Waals surface area (Å²) in [5.74, 6) is 0. The summed E-state index contributed by atoms with van der Waals surface area (Å²) in [6.07, 6.45) is 1.67. The lowest BCUT2D eigenvalue weighted by atomic mass is 10.1. The molecule has 88 valence electrons. The molecule has 1 aromatic carbocycles. The zero-order valence-corrected chi connectivity index (χ0v) is 10.2. The van der Waals surface area contributed by atoms with Gasteiger partial charge in [-0.15, -0.1) is 11.3 Å². The van der Waals surface area contributed by atoms with E-state index in [1.54, 1.807) is 16.8 Å². The Morgan fingerprint density at radius 2 is 2.18 bits per heavy atom. The number of nitrogens with one attached hydrogen (secondary N) is 1. The van der Waals surface area contributed by atoms with Crippen LogP contribution in [0.3, 0.4) is 0 Å². The fourth-order valence-corrected chi connectivity index (χ4v) is 2.16. The minimum Gasteiger partial charge on any atom is -0.302 e. The predicted octanol–water partition coefficient (Wildman–Crippen LogP) is 2.04. The molecule has 0 aliphatic heterocycles. The average molecular weight is 246 g/mol. The van der Waals surface area contributed by atoms with E-state index in [2.05, 4.69) is 10.3 Å². The van der Waals surface area contributed by atoms with Gasteiger partial charge < -0.3 is 10.1 Å². The molecule has 0 bridgehead atoms. The predicted molar refractivity (Wildman–Crippen MR) is 69.0 cm³/mol. The minimum atomic E-state index is -0.154. The third kappa shape index (κ3) is 3.76. The Morgan fingerprint density at radius 1 is 1.35 bits per heavy atom. The number of benzene rings is 1. The molecule has 0 unspecified atom stereocenters. The minimum absolute atomic E-state index is 0.154. The first kappa shape index (κ1) is 12.0. The van der Waals surface area contributed by atoms with Gasteiger partial charge in [-0.1, -0.05) is 30.3 Å². The summed E-state index contributed by atoms with van der Waals surface area (Å²) in [6.45, 7) is 0.639. The monoisotopic (exact) mass is 246 g/mol. The van der Waals surface area contributed by atoms with E-state index in [0.29, 0.717) is 13.0 Å². The van der Waals surface area contributed by atoms with Gasteiger partial charge in [0.05, 0.1) is 17.2 Å². The van der Waals surface area contributed by atoms with Gasteiger partial charge in [-0.05, 0) is 12.0 Å². The second kappa shape index (κ2) is 6.27. The third-order valence-electron chi connectivity index (χ3n) is 2.49. The molecule has 0 saturated carbocycles. The summed E-state index contributed by atoms with van der Waals surface area (Å²) in [6, 6.07) is 9.85. The average Bonchev–Trinajstić information content (AvgIpc) is 2.89. The maximum Gasteiger partial charge on any atom is 0.137 e. The molecule has 0 radical (unpaired) electrons. The Kier molecular flexibility index (Phi) is 4.41. The van der Waals surface area contributed by atoms with Crippen LogP contribution in [0.4, 0.5) is 0 Å². The molecule has 17 heavy (non-hydrogen) atoms. The molecule has 2 rings (SSSR count). The number of rotatable bonds is 6. The highest BCUT2D eigenvalue weighted by atomic mass is 32.1. The van der Waals surface area contributed by atoms with Gasteiger partial charge in [-0.3, -0.25) is 0 Å². The zero-order valence-electron chi connectivity index (χ0n) is 9.37. The normalized spacial score (nSPS) is 12.2. The van der Waals surface area contributed by atoms with Gasteiger partial charge in [0.15, 0.2) is 0 Å². The van der Waals surface area contributed by atoms with Crippen LogP contribution in [0.25, 0.3) is 0 Å². The van der Waals surface area contributed by atoms with Gasteiger partial charge in [-0.2, -0.15) is 0 Å². The molecule has 1 heterocycles. The van der Waals surface area contributed by atoms with Crippen molar-refractivity contribution in [2.45, 2.75) is 19.0 Å². The molecule has 0 fully saturated rings. The molecule has 0 spiro atoms. The highest BCUT2D eigenvalue weighted by molar-refractivity contribution is 7.07. The Hall–Kier alpha value is -1.52. The highest BCUT2D eigenvalue weighted by Gasteiger charge is 2.07. The van der Waals surface area contributed by atoms with E-state index in [0.717, 1.165) is 17.5 Å². The Balaban J connectivity index is 1.87. The van der Waals surface area contributed by atoms with E-state index in [1.807, 2.05) is 35.7 Å². The van der Waals surface area contributed by atoms with Crippen molar-refractivity contribution in [1.82, 2.24) is 10.3 Å². The lowest BCUT2D eigenvalue weighted by Gasteiger charge is -2.11. The number of hydrogen-bond acceptors (Lipinski definition) is 4. The molecule has 0 aliphatic carbocycles. The van der Waals surface area contributed by atoms with Crippen LogP contribution < -0.4 is 5.32 Å². The molecule has 2 aromatic rings. The molecule has 1 N–H and O–H groups in total. The van der Waals surface area contributed by atoms with E-state index in [-0.39, 0.29) is 6.04 Å². The molecule has 4 heteroatoms. The van der Waals surface area contributed by atoms with E-state index in [1.165, 1.54) is 0 Å². The lowest BCUT2D eigenvalue weighted by Crippen LogP contribution is -2.32. The fourth-order valence-electron chi connectivity index (χ4n) is 1.60. The smallest absolute Gasteiger partial charge is 0.137 e. The van der Waals surface area contributed by atoms with E-state index in [4.69, 9.17) is 0 Å². The standard InChI is InChI=1S/C13H14N2OS/c16-8-12(6-11-4-2-1-3-5-11)14-7-13-9-17-10-15-13/h1-5,8-10,12,14H,6-7H2/t12-/m0/s1. The molecule has 1 atom stereocenters. The van der Waals surface area contributed by atoms with E-state index in [9.17, 15) is 4.79 Å². The van der Waals surface area contributed by atoms with Crippen molar-refractivity contribution >= 4 is 17.6 Å². The number of hydrogen-bond donors (Lipinski definition) is 1. The number of carbonyl (C=O) groups is 1. The first-order valence-electron chi connectivity index (χ1n) is 5.48. The summed E-state index contributed by atoms with van der Waals surface area (Å²) < 4.78 is 0. The summed E-state index contributed by atoms with van der Waals surface area (Å²) >= 11 is 1.56. The molecule has 0 aliphatic rings. The second-order valence-corrected chi connectivity index (χ2v) is 4.51. The second-order valence-electron chi connectivity index (χ2n) is 3.79. The van der Waals surface area contributed by atoms with Gasteiger partial charge in [0.1, 0.15) is 6.29 Å². The maximum absolute atomic E-state index is 11.0. The highest BCUT2D eigenvalue weighted by Crippen LogP contribution is 2.04. The van der Waals surface area contributed by atoms with Crippen LogP contribution in [-0.2, 0) is 17.8 Å². The third-order valence-corrected chi connectivity index (χ3v) is 3.13. The molecule has 1 aromatic heterocycles. The SMILES string of the molecule is O=C[C@H](Cc1ccccc1)NCc1cscn1. The molecular weight excluding hydrogens is 232 g/mol. The van der Waals surface area contributed by atoms with Gasteiger partial charge in [0.2, 0.25) is 0 Å². The van der Waals surface area contributed by atoms with Crippen LogP contribution in [0, 0.1) is 0 Å². The Bertz CT molecular complexity index is 442. The number of nitrogens with zero attached hydrogens (tertiary/aromatic N) is 1. The van der Waals surface area contributed by atoms with E-state index >= 15 is 0 Å². The summed E-state index contributed by atoms with van der Waals surface area (Å²) in [4.78, 5) is 15.2. The first-order chi connectivity index (χ1) is 8.38. The van der Waals surface area contributed by atoms with Crippen molar-refractivity contribution in [2.75, 3.05) is 0 Å². The van der Waals surface area contributed by atoms with Crippen molar-refractivity contribution in [2.24, 2.45) is 0 Å². The van der Waals surface area contributed by atoms with Crippen molar-refractivity contribution in [1.29, 1.82) is 0 Å². The van der Waals surface area contributed by atoms with Gasteiger partial charge in [-0.25, -0.2) is 4.98 Å². The Labute approximate surface area is 105 Å². The van der Waals surface area contributed by atoms with Gasteiger partial charge >= 0.3 is 0 Å². The number of thiazole rings is 1. The van der Waals surface area contributed by atoms with Crippen LogP contribution >= 0.6 is 11.3 Å².